The first kappa shape index (κ1) is 32.5. The summed E-state index contributed by atoms with van der Waals surface area (Å²) >= 11 is 0. The number of rotatable bonds is 8. The molecule has 16 nitrogen and oxygen atoms in total. The molecule has 1 aliphatic rings. The molecule has 1 aliphatic heterocycles. The zero-order valence-corrected chi connectivity index (χ0v) is 19.9. The average Bonchev–Trinajstić information content (AvgIpc) is 3.16. The van der Waals surface area contributed by atoms with Crippen molar-refractivity contribution in [2.45, 2.75) is 25.2 Å². The van der Waals surface area contributed by atoms with Gasteiger partial charge in [0.25, 0.3) is 23.5 Å². The van der Waals surface area contributed by atoms with Gasteiger partial charge in [-0.25, -0.2) is 23.6 Å². The Hall–Kier alpha value is 0.512. The van der Waals surface area contributed by atoms with Crippen LogP contribution in [0.5, 0.6) is 0 Å². The molecule has 0 bridgehead atoms. The van der Waals surface area contributed by atoms with Crippen LogP contribution in [-0.4, -0.2) is 37.1 Å². The SMILES string of the molecule is Nc1ncnc2c1ncn2[C@H]1CC[C@@H](COP(=O)([O-])OP(=O)([O-])OP(=O)([O-])O)O1.[Li+].[Li+].[Li+]. The molecule has 0 aromatic carbocycles. The summed E-state index contributed by atoms with van der Waals surface area (Å²) in [4.78, 5) is 53.4. The van der Waals surface area contributed by atoms with E-state index in [0.717, 1.165) is 0 Å². The molecule has 0 amide bonds. The first-order valence-electron chi connectivity index (χ1n) is 7.67. The van der Waals surface area contributed by atoms with E-state index in [4.69, 9.17) is 15.4 Å². The molecule has 3 unspecified atom stereocenters. The number of anilines is 1. The maximum atomic E-state index is 11.6. The summed E-state index contributed by atoms with van der Waals surface area (Å²) in [6, 6.07) is 0. The van der Waals surface area contributed by atoms with E-state index in [1.807, 2.05) is 0 Å². The van der Waals surface area contributed by atoms with Gasteiger partial charge in [0, 0.05) is 0 Å². The fourth-order valence-electron chi connectivity index (χ4n) is 2.56. The van der Waals surface area contributed by atoms with Crippen molar-refractivity contribution in [3.63, 3.8) is 0 Å². The van der Waals surface area contributed by atoms with Gasteiger partial charge in [-0.1, -0.05) is 0 Å². The van der Waals surface area contributed by atoms with Gasteiger partial charge in [-0.2, -0.15) is 0 Å². The van der Waals surface area contributed by atoms with Gasteiger partial charge in [0.15, 0.2) is 11.5 Å². The third kappa shape index (κ3) is 8.94. The molecule has 2 aromatic heterocycles. The summed E-state index contributed by atoms with van der Waals surface area (Å²) in [6.07, 6.45) is 2.05. The molecule has 0 aliphatic carbocycles. The third-order valence-electron chi connectivity index (χ3n) is 3.60. The maximum Gasteiger partial charge on any atom is 1.00 e. The number of aromatic nitrogens is 4. The van der Waals surface area contributed by atoms with Crippen molar-refractivity contribution >= 4 is 40.4 Å². The van der Waals surface area contributed by atoms with Gasteiger partial charge in [-0.05, 0) is 12.8 Å². The zero-order chi connectivity index (χ0) is 21.4. The smallest absolute Gasteiger partial charge is 0.756 e. The van der Waals surface area contributed by atoms with Crippen molar-refractivity contribution in [3.8, 4) is 0 Å². The van der Waals surface area contributed by atoms with Crippen molar-refractivity contribution in [2.75, 3.05) is 12.3 Å². The van der Waals surface area contributed by atoms with E-state index in [1.54, 1.807) is 4.57 Å². The molecule has 1 saturated heterocycles. The van der Waals surface area contributed by atoms with Gasteiger partial charge in [0.05, 0.1) is 19.0 Å². The minimum atomic E-state index is -5.94. The Bertz CT molecular complexity index is 1050. The van der Waals surface area contributed by atoms with E-state index in [9.17, 15) is 28.4 Å². The second-order valence-electron chi connectivity index (χ2n) is 5.70. The van der Waals surface area contributed by atoms with E-state index in [1.165, 1.54) is 12.7 Å². The monoisotopic (exact) mass is 493 g/mol. The number of hydrogen-bond donors (Lipinski definition) is 2. The van der Waals surface area contributed by atoms with Crippen molar-refractivity contribution < 1.29 is 108 Å². The average molecular weight is 493 g/mol. The predicted molar refractivity (Wildman–Crippen MR) is 86.0 cm³/mol. The van der Waals surface area contributed by atoms with E-state index in [2.05, 4.69) is 28.1 Å². The van der Waals surface area contributed by atoms with E-state index in [0.29, 0.717) is 24.0 Å². The molecule has 0 spiro atoms. The molecule has 0 radical (unpaired) electrons. The third-order valence-corrected chi connectivity index (χ3v) is 7.29. The molecule has 3 rings (SSSR count). The number of nitrogens with two attached hydrogens (primary N) is 1. The van der Waals surface area contributed by atoms with Crippen LogP contribution < -0.4 is 77.0 Å². The first-order valence-corrected chi connectivity index (χ1v) is 12.1. The molecule has 22 heteroatoms. The van der Waals surface area contributed by atoms with Gasteiger partial charge in [-0.15, -0.1) is 0 Å². The standard InChI is InChI=1S/C10H16N5O11P3.3Li/c11-9-8-10(13-4-12-9)15(5-14-8)7-2-1-6(24-7)3-23-28(19,20)26-29(21,22)25-27(16,17)18;;;/h4-7H,1-3H2,(H,19,20)(H,21,22)(H2,11,12,13)(H2,16,17,18);;;/q;3*+1/p-3/t6-,7+;;;/m0.../s1. The Morgan fingerprint density at radius 2 is 1.75 bits per heavy atom. The van der Waals surface area contributed by atoms with Gasteiger partial charge < -0.3 is 34.6 Å². The second-order valence-corrected chi connectivity index (χ2v) is 9.99. The molecule has 1 fully saturated rings. The van der Waals surface area contributed by atoms with Crippen molar-refractivity contribution in [2.24, 2.45) is 0 Å². The molecular weight excluding hydrogens is 480 g/mol. The van der Waals surface area contributed by atoms with Gasteiger partial charge in [-0.3, -0.25) is 18.3 Å². The summed E-state index contributed by atoms with van der Waals surface area (Å²) in [5.74, 6) is 0.172. The first-order chi connectivity index (χ1) is 13.4. The molecule has 32 heavy (non-hydrogen) atoms. The number of ether oxygens (including phenoxy) is 1. The molecule has 0 saturated carbocycles. The number of nitrogen functional groups attached to an aromatic ring is 1. The van der Waals surface area contributed by atoms with Gasteiger partial charge >= 0.3 is 56.6 Å². The van der Waals surface area contributed by atoms with E-state index < -0.39 is 42.4 Å². The largest absolute Gasteiger partial charge is 1.00 e. The zero-order valence-electron chi connectivity index (χ0n) is 17.2. The van der Waals surface area contributed by atoms with Crippen molar-refractivity contribution in [1.29, 1.82) is 0 Å². The van der Waals surface area contributed by atoms with Crippen molar-refractivity contribution in [1.82, 2.24) is 19.5 Å². The Labute approximate surface area is 217 Å². The Morgan fingerprint density at radius 3 is 2.38 bits per heavy atom. The Balaban J connectivity index is 0.00000320. The molecule has 5 atom stereocenters. The summed E-state index contributed by atoms with van der Waals surface area (Å²) in [5.41, 5.74) is 6.46. The minimum Gasteiger partial charge on any atom is -0.756 e. The van der Waals surface area contributed by atoms with Crippen LogP contribution in [0.4, 0.5) is 5.82 Å². The summed E-state index contributed by atoms with van der Waals surface area (Å²) in [5, 5.41) is 0. The molecule has 3 N–H and O–H groups in total. The predicted octanol–water partition coefficient (Wildman–Crippen LogP) is -10.5. The maximum absolute atomic E-state index is 11.6. The van der Waals surface area contributed by atoms with Crippen LogP contribution in [0, 0.1) is 0 Å². The number of nitrogens with zero attached hydrogens (tertiary/aromatic N) is 4. The number of hydrogen-bond acceptors (Lipinski definition) is 14. The van der Waals surface area contributed by atoms with Crippen LogP contribution in [0.3, 0.4) is 0 Å². The number of phosphoric ester groups is 1. The minimum absolute atomic E-state index is 0. The topological polar surface area (TPSA) is 247 Å². The summed E-state index contributed by atoms with van der Waals surface area (Å²) in [6.45, 7) is -0.630. The molecule has 2 aromatic rings. The summed E-state index contributed by atoms with van der Waals surface area (Å²) in [7, 11) is -17.3. The molecule has 3 heterocycles. The normalized spacial score (nSPS) is 23.6. The Morgan fingerprint density at radius 1 is 1.09 bits per heavy atom. The Kier molecular flexibility index (Phi) is 12.7. The number of fused-ring (bicyclic) bond motifs is 1. The van der Waals surface area contributed by atoms with Crippen LogP contribution in [0.1, 0.15) is 19.1 Å². The van der Waals surface area contributed by atoms with E-state index in [-0.39, 0.29) is 62.4 Å². The molecular formula is C10H13Li3N5O11P3. The fraction of sp³-hybridized carbons (Fsp3) is 0.500. The molecule has 162 valence electrons. The number of imidazole rings is 1. The van der Waals surface area contributed by atoms with Crippen LogP contribution >= 0.6 is 23.5 Å². The second kappa shape index (κ2) is 12.5. The van der Waals surface area contributed by atoms with Crippen LogP contribution in [0.25, 0.3) is 11.2 Å². The van der Waals surface area contributed by atoms with Crippen LogP contribution in [-0.2, 0) is 31.6 Å². The quantitative estimate of drug-likeness (QED) is 0.256. The van der Waals surface area contributed by atoms with E-state index >= 15 is 0 Å². The van der Waals surface area contributed by atoms with Crippen LogP contribution in [0.2, 0.25) is 0 Å². The van der Waals surface area contributed by atoms with Gasteiger partial charge in [0.2, 0.25) is 0 Å². The van der Waals surface area contributed by atoms with Crippen LogP contribution in [0.15, 0.2) is 12.7 Å². The van der Waals surface area contributed by atoms with Gasteiger partial charge in [0.1, 0.15) is 18.1 Å². The summed E-state index contributed by atoms with van der Waals surface area (Å²) < 4.78 is 51.4. The fourth-order valence-corrected chi connectivity index (χ4v) is 5.47. The van der Waals surface area contributed by atoms with Crippen molar-refractivity contribution in [3.05, 3.63) is 12.7 Å². The number of phosphoric acid groups is 3.